The third-order valence-electron chi connectivity index (χ3n) is 3.97. The molecule has 0 radical (unpaired) electrons. The molecule has 0 heterocycles. The number of nitriles is 3. The predicted octanol–water partition coefficient (Wildman–Crippen LogP) is 3.48. The number of ether oxygens (including phenoxy) is 1. The fourth-order valence-corrected chi connectivity index (χ4v) is 2.49. The average Bonchev–Trinajstić information content (AvgIpc) is 2.60. The second-order valence-electron chi connectivity index (χ2n) is 7.29. The van der Waals surface area contributed by atoms with Gasteiger partial charge in [-0.1, -0.05) is 19.3 Å². The van der Waals surface area contributed by atoms with E-state index in [1.165, 1.54) is 12.2 Å². The summed E-state index contributed by atoms with van der Waals surface area (Å²) in [4.78, 5) is 18.1. The molecule has 0 aliphatic carbocycles. The smallest absolute Gasteiger partial charge is 0.327 e. The monoisotopic (exact) mass is 362 g/mol. The number of unbranched alkanes of at least 4 members (excludes halogenated alkanes) is 5. The van der Waals surface area contributed by atoms with E-state index in [2.05, 4.69) is 12.1 Å². The van der Waals surface area contributed by atoms with E-state index in [1.54, 1.807) is 27.7 Å². The number of carbonyl (C=O) groups excluding carboxylic acids is 1. The highest BCUT2D eigenvalue weighted by atomic mass is 16.7. The van der Waals surface area contributed by atoms with E-state index in [0.29, 0.717) is 13.0 Å². The van der Waals surface area contributed by atoms with Gasteiger partial charge >= 0.3 is 5.97 Å². The first-order chi connectivity index (χ1) is 12.1. The second-order valence-corrected chi connectivity index (χ2v) is 7.29. The highest BCUT2D eigenvalue weighted by Crippen LogP contribution is 2.28. The van der Waals surface area contributed by atoms with Crippen molar-refractivity contribution in [1.29, 1.82) is 15.8 Å². The van der Waals surface area contributed by atoms with Crippen molar-refractivity contribution in [3.05, 3.63) is 0 Å². The van der Waals surface area contributed by atoms with Gasteiger partial charge in [-0.3, -0.25) is 9.63 Å². The minimum atomic E-state index is -1.13. The molecule has 144 valence electrons. The van der Waals surface area contributed by atoms with E-state index in [1.807, 2.05) is 6.07 Å². The number of rotatable bonds is 12. The summed E-state index contributed by atoms with van der Waals surface area (Å²) in [6.07, 6.45) is 5.03. The average molecular weight is 362 g/mol. The number of methoxy groups -OCH3 is 1. The molecule has 1 atom stereocenters. The van der Waals surface area contributed by atoms with Crippen molar-refractivity contribution >= 4 is 5.97 Å². The van der Waals surface area contributed by atoms with Crippen LogP contribution in [0, 0.1) is 39.4 Å². The van der Waals surface area contributed by atoms with Crippen LogP contribution in [0.5, 0.6) is 0 Å². The molecule has 0 aromatic heterocycles. The van der Waals surface area contributed by atoms with E-state index < -0.39 is 23.0 Å². The molecule has 0 aromatic carbocycles. The van der Waals surface area contributed by atoms with Gasteiger partial charge in [-0.15, -0.1) is 0 Å². The summed E-state index contributed by atoms with van der Waals surface area (Å²) in [5.74, 6) is -0.570. The molecule has 0 bridgehead atoms. The molecule has 7 heteroatoms. The predicted molar refractivity (Wildman–Crippen MR) is 96.0 cm³/mol. The van der Waals surface area contributed by atoms with Crippen molar-refractivity contribution in [1.82, 2.24) is 5.06 Å². The topological polar surface area (TPSA) is 110 Å². The van der Waals surface area contributed by atoms with E-state index in [-0.39, 0.29) is 0 Å². The maximum atomic E-state index is 12.3. The standard InChI is InChI=1S/C19H30N4O3/c1-18(2,14-21)16(17(24)25-5)23(26-19(3,4)15-22)13-11-9-7-6-8-10-12-20/h16H,6-11,13H2,1-5H3. The Morgan fingerprint density at radius 1 is 1.00 bits per heavy atom. The molecule has 0 aliphatic rings. The molecule has 0 saturated heterocycles. The van der Waals surface area contributed by atoms with Crippen LogP contribution in [0.1, 0.15) is 66.2 Å². The van der Waals surface area contributed by atoms with Gasteiger partial charge in [-0.2, -0.15) is 20.8 Å². The van der Waals surface area contributed by atoms with Crippen molar-refractivity contribution in [2.45, 2.75) is 77.9 Å². The lowest BCUT2D eigenvalue weighted by Gasteiger charge is -2.38. The van der Waals surface area contributed by atoms with Gasteiger partial charge < -0.3 is 4.74 Å². The first-order valence-electron chi connectivity index (χ1n) is 8.88. The molecule has 0 fully saturated rings. The quantitative estimate of drug-likeness (QED) is 0.297. The number of hydrogen-bond donors (Lipinski definition) is 0. The Kier molecular flexibility index (Phi) is 10.5. The number of hydroxylamine groups is 2. The fourth-order valence-electron chi connectivity index (χ4n) is 2.49. The fraction of sp³-hybridized carbons (Fsp3) is 0.789. The lowest BCUT2D eigenvalue weighted by atomic mass is 9.85. The summed E-state index contributed by atoms with van der Waals surface area (Å²) in [6, 6.07) is 5.36. The first kappa shape index (κ1) is 23.9. The van der Waals surface area contributed by atoms with Gasteiger partial charge in [0.05, 0.1) is 30.7 Å². The summed E-state index contributed by atoms with van der Waals surface area (Å²) in [7, 11) is 1.27. The Balaban J connectivity index is 5.14. The van der Waals surface area contributed by atoms with Crippen LogP contribution in [-0.2, 0) is 14.4 Å². The van der Waals surface area contributed by atoms with Crippen molar-refractivity contribution in [3.63, 3.8) is 0 Å². The minimum absolute atomic E-state index is 0.397. The Hall–Kier alpha value is -2.14. The van der Waals surface area contributed by atoms with Crippen molar-refractivity contribution in [2.24, 2.45) is 5.41 Å². The maximum absolute atomic E-state index is 12.3. The summed E-state index contributed by atoms with van der Waals surface area (Å²) >= 11 is 0. The Morgan fingerprint density at radius 2 is 1.58 bits per heavy atom. The van der Waals surface area contributed by atoms with E-state index in [9.17, 15) is 15.3 Å². The van der Waals surface area contributed by atoms with Crippen LogP contribution >= 0.6 is 0 Å². The zero-order valence-electron chi connectivity index (χ0n) is 16.5. The van der Waals surface area contributed by atoms with E-state index in [4.69, 9.17) is 14.8 Å². The minimum Gasteiger partial charge on any atom is -0.468 e. The number of hydrogen-bond acceptors (Lipinski definition) is 7. The molecule has 0 spiro atoms. The zero-order valence-corrected chi connectivity index (χ0v) is 16.5. The van der Waals surface area contributed by atoms with Crippen molar-refractivity contribution in [3.8, 4) is 18.2 Å². The summed E-state index contributed by atoms with van der Waals surface area (Å²) in [6.45, 7) is 6.90. The summed E-state index contributed by atoms with van der Waals surface area (Å²) in [5, 5.41) is 28.7. The molecule has 0 N–H and O–H groups in total. The van der Waals surface area contributed by atoms with E-state index >= 15 is 0 Å². The highest BCUT2D eigenvalue weighted by molar-refractivity contribution is 5.77. The molecule has 26 heavy (non-hydrogen) atoms. The van der Waals surface area contributed by atoms with Gasteiger partial charge in [0.15, 0.2) is 11.6 Å². The van der Waals surface area contributed by atoms with Gasteiger partial charge in [0.1, 0.15) is 0 Å². The molecular weight excluding hydrogens is 332 g/mol. The third kappa shape index (κ3) is 8.30. The molecule has 1 unspecified atom stereocenters. The molecule has 0 aliphatic heterocycles. The normalized spacial score (nSPS) is 12.7. The maximum Gasteiger partial charge on any atom is 0.327 e. The van der Waals surface area contributed by atoms with Crippen molar-refractivity contribution in [2.75, 3.05) is 13.7 Å². The first-order valence-corrected chi connectivity index (χ1v) is 8.88. The lowest BCUT2D eigenvalue weighted by Crippen LogP contribution is -2.53. The lowest BCUT2D eigenvalue weighted by molar-refractivity contribution is -0.251. The van der Waals surface area contributed by atoms with Gasteiger partial charge in [-0.25, -0.2) is 0 Å². The van der Waals surface area contributed by atoms with Crippen LogP contribution in [0.2, 0.25) is 0 Å². The van der Waals surface area contributed by atoms with Crippen LogP contribution in [0.25, 0.3) is 0 Å². The largest absolute Gasteiger partial charge is 0.468 e. The number of esters is 1. The molecular formula is C19H30N4O3. The van der Waals surface area contributed by atoms with E-state index in [0.717, 1.165) is 32.1 Å². The Morgan fingerprint density at radius 3 is 2.08 bits per heavy atom. The van der Waals surface area contributed by atoms with Gasteiger partial charge in [0.25, 0.3) is 0 Å². The van der Waals surface area contributed by atoms with Crippen LogP contribution < -0.4 is 0 Å². The zero-order chi connectivity index (χ0) is 20.2. The van der Waals surface area contributed by atoms with Crippen LogP contribution in [0.4, 0.5) is 0 Å². The molecule has 0 saturated carbocycles. The number of carbonyl (C=O) groups is 1. The van der Waals surface area contributed by atoms with Crippen LogP contribution in [0.3, 0.4) is 0 Å². The molecule has 0 amide bonds. The number of nitrogens with zero attached hydrogens (tertiary/aromatic N) is 4. The molecule has 0 aromatic rings. The SMILES string of the molecule is COC(=O)C(N(CCCCCCCC#N)OC(C)(C)C#N)C(C)(C)C#N. The van der Waals surface area contributed by atoms with Crippen LogP contribution in [-0.4, -0.2) is 36.3 Å². The molecule has 0 rings (SSSR count). The highest BCUT2D eigenvalue weighted by Gasteiger charge is 2.43. The summed E-state index contributed by atoms with van der Waals surface area (Å²) in [5.41, 5.74) is -2.18. The van der Waals surface area contributed by atoms with Crippen LogP contribution in [0.15, 0.2) is 0 Å². The summed E-state index contributed by atoms with van der Waals surface area (Å²) < 4.78 is 4.88. The Bertz CT molecular complexity index is 567. The van der Waals surface area contributed by atoms with Gasteiger partial charge in [0, 0.05) is 13.0 Å². The van der Waals surface area contributed by atoms with Crippen molar-refractivity contribution < 1.29 is 14.4 Å². The molecule has 7 nitrogen and oxygen atoms in total. The Labute approximate surface area is 157 Å². The second kappa shape index (κ2) is 11.5. The van der Waals surface area contributed by atoms with Gasteiger partial charge in [-0.05, 0) is 40.5 Å². The van der Waals surface area contributed by atoms with Gasteiger partial charge in [0.2, 0.25) is 0 Å². The third-order valence-corrected chi connectivity index (χ3v) is 3.97.